The van der Waals surface area contributed by atoms with Crippen molar-refractivity contribution in [3.05, 3.63) is 78.4 Å². The monoisotopic (exact) mass is 316 g/mol. The lowest BCUT2D eigenvalue weighted by atomic mass is 9.95. The van der Waals surface area contributed by atoms with E-state index in [-0.39, 0.29) is 0 Å². The Bertz CT molecular complexity index is 768. The highest BCUT2D eigenvalue weighted by Crippen LogP contribution is 2.27. The molecular formula is C23H24O. The number of benzene rings is 3. The summed E-state index contributed by atoms with van der Waals surface area (Å²) in [6.07, 6.45) is 1.18. The molecule has 0 aliphatic rings. The van der Waals surface area contributed by atoms with Gasteiger partial charge in [-0.15, -0.1) is 0 Å². The molecule has 0 aliphatic carbocycles. The van der Waals surface area contributed by atoms with Crippen LogP contribution in [0, 0.1) is 0 Å². The standard InChI is InChI=1S/C23H24O/c1-4-17(2)18-5-7-19(8-6-18)20-9-11-21(12-10-20)22-13-15-23(24-3)16-14-22/h5-17H,4H2,1-3H3. The second-order valence-corrected chi connectivity index (χ2v) is 6.24. The first kappa shape index (κ1) is 16.3. The Morgan fingerprint density at radius 3 is 1.42 bits per heavy atom. The summed E-state index contributed by atoms with van der Waals surface area (Å²) in [5.41, 5.74) is 6.36. The highest BCUT2D eigenvalue weighted by Gasteiger charge is 2.04. The smallest absolute Gasteiger partial charge is 0.118 e. The van der Waals surface area contributed by atoms with Crippen LogP contribution in [0.4, 0.5) is 0 Å². The van der Waals surface area contributed by atoms with Gasteiger partial charge in [-0.05, 0) is 52.3 Å². The first-order valence-corrected chi connectivity index (χ1v) is 8.56. The quantitative estimate of drug-likeness (QED) is 0.519. The van der Waals surface area contributed by atoms with Gasteiger partial charge in [-0.2, -0.15) is 0 Å². The molecule has 0 aliphatic heterocycles. The van der Waals surface area contributed by atoms with E-state index in [1.807, 2.05) is 12.1 Å². The molecule has 1 nitrogen and oxygen atoms in total. The van der Waals surface area contributed by atoms with E-state index in [1.54, 1.807) is 7.11 Å². The van der Waals surface area contributed by atoms with Crippen LogP contribution in [0.2, 0.25) is 0 Å². The van der Waals surface area contributed by atoms with Gasteiger partial charge >= 0.3 is 0 Å². The van der Waals surface area contributed by atoms with Crippen molar-refractivity contribution in [1.29, 1.82) is 0 Å². The van der Waals surface area contributed by atoms with Crippen molar-refractivity contribution in [3.8, 4) is 28.0 Å². The summed E-state index contributed by atoms with van der Waals surface area (Å²) < 4.78 is 5.22. The molecule has 0 aromatic heterocycles. The molecule has 3 aromatic rings. The normalized spacial score (nSPS) is 12.0. The van der Waals surface area contributed by atoms with Crippen molar-refractivity contribution in [3.63, 3.8) is 0 Å². The average Bonchev–Trinajstić information content (AvgIpc) is 2.68. The largest absolute Gasteiger partial charge is 0.497 e. The predicted molar refractivity (Wildman–Crippen MR) is 103 cm³/mol. The lowest BCUT2D eigenvalue weighted by Crippen LogP contribution is -1.90. The Morgan fingerprint density at radius 2 is 1.04 bits per heavy atom. The third-order valence-corrected chi connectivity index (χ3v) is 4.73. The molecule has 1 atom stereocenters. The molecule has 1 heteroatoms. The fraction of sp³-hybridized carbons (Fsp3) is 0.217. The summed E-state index contributed by atoms with van der Waals surface area (Å²) in [6.45, 7) is 4.51. The fourth-order valence-electron chi connectivity index (χ4n) is 2.88. The second kappa shape index (κ2) is 7.35. The number of ether oxygens (including phenoxy) is 1. The van der Waals surface area contributed by atoms with Crippen LogP contribution in [0.1, 0.15) is 31.7 Å². The molecule has 0 fully saturated rings. The van der Waals surface area contributed by atoms with Gasteiger partial charge in [-0.1, -0.05) is 74.5 Å². The van der Waals surface area contributed by atoms with Gasteiger partial charge in [0.25, 0.3) is 0 Å². The highest BCUT2D eigenvalue weighted by molar-refractivity contribution is 5.70. The lowest BCUT2D eigenvalue weighted by molar-refractivity contribution is 0.415. The minimum absolute atomic E-state index is 0.622. The van der Waals surface area contributed by atoms with E-state index >= 15 is 0 Å². The van der Waals surface area contributed by atoms with Gasteiger partial charge in [0.2, 0.25) is 0 Å². The van der Waals surface area contributed by atoms with Crippen molar-refractivity contribution in [2.45, 2.75) is 26.2 Å². The Morgan fingerprint density at radius 1 is 0.667 bits per heavy atom. The summed E-state index contributed by atoms with van der Waals surface area (Å²) in [7, 11) is 1.69. The average molecular weight is 316 g/mol. The zero-order valence-corrected chi connectivity index (χ0v) is 14.6. The fourth-order valence-corrected chi connectivity index (χ4v) is 2.88. The molecule has 0 saturated carbocycles. The Hall–Kier alpha value is -2.54. The van der Waals surface area contributed by atoms with Crippen LogP contribution in [0.5, 0.6) is 5.75 Å². The van der Waals surface area contributed by atoms with Crippen LogP contribution in [0.15, 0.2) is 72.8 Å². The molecule has 3 rings (SSSR count). The molecule has 0 heterocycles. The zero-order chi connectivity index (χ0) is 16.9. The van der Waals surface area contributed by atoms with E-state index in [1.165, 1.54) is 34.2 Å². The second-order valence-electron chi connectivity index (χ2n) is 6.24. The van der Waals surface area contributed by atoms with Crippen molar-refractivity contribution in [2.24, 2.45) is 0 Å². The van der Waals surface area contributed by atoms with E-state index < -0.39 is 0 Å². The maximum atomic E-state index is 5.22. The third-order valence-electron chi connectivity index (χ3n) is 4.73. The van der Waals surface area contributed by atoms with Crippen LogP contribution in [-0.4, -0.2) is 7.11 Å². The van der Waals surface area contributed by atoms with E-state index in [0.717, 1.165) is 5.75 Å². The molecule has 3 aromatic carbocycles. The summed E-state index contributed by atoms with van der Waals surface area (Å²) in [5.74, 6) is 1.51. The molecule has 1 unspecified atom stereocenters. The maximum absolute atomic E-state index is 5.22. The Kier molecular flexibility index (Phi) is 5.00. The SMILES string of the molecule is CCC(C)c1ccc(-c2ccc(-c3ccc(OC)cc3)cc2)cc1. The molecule has 0 spiro atoms. The Balaban J connectivity index is 1.80. The van der Waals surface area contributed by atoms with Crippen LogP contribution >= 0.6 is 0 Å². The van der Waals surface area contributed by atoms with Crippen molar-refractivity contribution >= 4 is 0 Å². The van der Waals surface area contributed by atoms with Crippen molar-refractivity contribution in [1.82, 2.24) is 0 Å². The highest BCUT2D eigenvalue weighted by atomic mass is 16.5. The van der Waals surface area contributed by atoms with Gasteiger partial charge in [0.1, 0.15) is 5.75 Å². The topological polar surface area (TPSA) is 9.23 Å². The molecule has 0 bridgehead atoms. The molecular weight excluding hydrogens is 292 g/mol. The predicted octanol–water partition coefficient (Wildman–Crippen LogP) is 6.54. The number of rotatable bonds is 5. The molecule has 0 saturated heterocycles. The Labute approximate surface area is 144 Å². The first-order chi connectivity index (χ1) is 11.7. The summed E-state index contributed by atoms with van der Waals surface area (Å²) in [5, 5.41) is 0. The van der Waals surface area contributed by atoms with E-state index in [9.17, 15) is 0 Å². The number of methoxy groups -OCH3 is 1. The summed E-state index contributed by atoms with van der Waals surface area (Å²) in [6, 6.07) is 25.9. The van der Waals surface area contributed by atoms with Gasteiger partial charge in [-0.25, -0.2) is 0 Å². The van der Waals surface area contributed by atoms with Crippen LogP contribution < -0.4 is 4.74 Å². The minimum atomic E-state index is 0.622. The van der Waals surface area contributed by atoms with Crippen molar-refractivity contribution in [2.75, 3.05) is 7.11 Å². The molecule has 122 valence electrons. The summed E-state index contributed by atoms with van der Waals surface area (Å²) >= 11 is 0. The molecule has 0 amide bonds. The number of hydrogen-bond acceptors (Lipinski definition) is 1. The summed E-state index contributed by atoms with van der Waals surface area (Å²) in [4.78, 5) is 0. The van der Waals surface area contributed by atoms with Gasteiger partial charge in [0.15, 0.2) is 0 Å². The molecule has 0 N–H and O–H groups in total. The number of hydrogen-bond donors (Lipinski definition) is 0. The molecule has 24 heavy (non-hydrogen) atoms. The van der Waals surface area contributed by atoms with Gasteiger partial charge in [0, 0.05) is 0 Å². The van der Waals surface area contributed by atoms with E-state index in [0.29, 0.717) is 5.92 Å². The van der Waals surface area contributed by atoms with Crippen LogP contribution in [0.3, 0.4) is 0 Å². The molecule has 0 radical (unpaired) electrons. The van der Waals surface area contributed by atoms with E-state index in [4.69, 9.17) is 4.74 Å². The van der Waals surface area contributed by atoms with Gasteiger partial charge in [-0.3, -0.25) is 0 Å². The third kappa shape index (κ3) is 3.51. The minimum Gasteiger partial charge on any atom is -0.497 e. The first-order valence-electron chi connectivity index (χ1n) is 8.56. The zero-order valence-electron chi connectivity index (χ0n) is 14.6. The van der Waals surface area contributed by atoms with Crippen molar-refractivity contribution < 1.29 is 4.74 Å². The van der Waals surface area contributed by atoms with Crippen LogP contribution in [-0.2, 0) is 0 Å². The van der Waals surface area contributed by atoms with Gasteiger partial charge in [0.05, 0.1) is 7.11 Å². The van der Waals surface area contributed by atoms with Gasteiger partial charge < -0.3 is 4.74 Å². The van der Waals surface area contributed by atoms with E-state index in [2.05, 4.69) is 74.5 Å². The van der Waals surface area contributed by atoms with Crippen LogP contribution in [0.25, 0.3) is 22.3 Å². The lowest BCUT2D eigenvalue weighted by Gasteiger charge is -2.10. The maximum Gasteiger partial charge on any atom is 0.118 e.